The first-order valence-electron chi connectivity index (χ1n) is 5.03. The molecular formula is C7H16N2O7S2. The smallest absolute Gasteiger partial charge is 0.314 e. The molecular weight excluding hydrogens is 288 g/mol. The van der Waals surface area contributed by atoms with Crippen LogP contribution in [0, 0.1) is 0 Å². The molecule has 2 amide bonds. The van der Waals surface area contributed by atoms with Crippen LogP contribution in [0.5, 0.6) is 0 Å². The number of nitrogens with one attached hydrogen (secondary N) is 2. The average molecular weight is 304 g/mol. The molecule has 0 radical (unpaired) electrons. The SMILES string of the molecule is CCCCNC(=O)NCC(S(=O)(=O)O)S(=O)(=O)O. The second-order valence-electron chi connectivity index (χ2n) is 3.45. The number of urea groups is 1. The van der Waals surface area contributed by atoms with Gasteiger partial charge in [0.05, 0.1) is 6.54 Å². The number of carbonyl (C=O) groups is 1. The van der Waals surface area contributed by atoms with Crippen LogP contribution in [-0.4, -0.2) is 49.6 Å². The highest BCUT2D eigenvalue weighted by Gasteiger charge is 2.35. The van der Waals surface area contributed by atoms with Gasteiger partial charge < -0.3 is 10.6 Å². The van der Waals surface area contributed by atoms with E-state index in [9.17, 15) is 21.6 Å². The molecule has 0 aromatic heterocycles. The molecule has 4 N–H and O–H groups in total. The van der Waals surface area contributed by atoms with Crippen LogP contribution in [0.15, 0.2) is 0 Å². The Hall–Kier alpha value is -0.910. The molecule has 0 aliphatic carbocycles. The molecule has 18 heavy (non-hydrogen) atoms. The average Bonchev–Trinajstić information content (AvgIpc) is 2.13. The largest absolute Gasteiger partial charge is 0.338 e. The van der Waals surface area contributed by atoms with Crippen LogP contribution in [0.2, 0.25) is 0 Å². The molecule has 0 heterocycles. The first-order chi connectivity index (χ1) is 8.09. The summed E-state index contributed by atoms with van der Waals surface area (Å²) in [4.78, 5) is 11.1. The highest BCUT2D eigenvalue weighted by atomic mass is 32.3. The molecule has 0 aliphatic rings. The van der Waals surface area contributed by atoms with Crippen LogP contribution in [0.25, 0.3) is 0 Å². The van der Waals surface area contributed by atoms with Gasteiger partial charge in [0.15, 0.2) is 0 Å². The van der Waals surface area contributed by atoms with E-state index in [1.165, 1.54) is 0 Å². The maximum Gasteiger partial charge on any atom is 0.314 e. The molecule has 9 nitrogen and oxygen atoms in total. The quantitative estimate of drug-likeness (QED) is 0.354. The van der Waals surface area contributed by atoms with Crippen LogP contribution in [0.1, 0.15) is 19.8 Å². The number of unbranched alkanes of at least 4 members (excludes halogenated alkanes) is 1. The summed E-state index contributed by atoms with van der Waals surface area (Å²) in [5.74, 6) is 0. The maximum absolute atomic E-state index is 11.1. The molecule has 0 spiro atoms. The van der Waals surface area contributed by atoms with E-state index < -0.39 is 37.4 Å². The minimum Gasteiger partial charge on any atom is -0.338 e. The van der Waals surface area contributed by atoms with Gasteiger partial charge in [-0.15, -0.1) is 0 Å². The number of amides is 2. The minimum atomic E-state index is -5.02. The number of hydrogen-bond donors (Lipinski definition) is 4. The number of rotatable bonds is 7. The molecule has 0 aliphatic heterocycles. The molecule has 0 bridgehead atoms. The van der Waals surface area contributed by atoms with Crippen LogP contribution in [-0.2, 0) is 20.2 Å². The summed E-state index contributed by atoms with van der Waals surface area (Å²) >= 11 is 0. The first-order valence-corrected chi connectivity index (χ1v) is 8.04. The third-order valence-electron chi connectivity index (χ3n) is 1.91. The lowest BCUT2D eigenvalue weighted by molar-refractivity contribution is 0.241. The zero-order valence-corrected chi connectivity index (χ0v) is 11.3. The maximum atomic E-state index is 11.1. The summed E-state index contributed by atoms with van der Waals surface area (Å²) in [6.45, 7) is 1.28. The normalized spacial score (nSPS) is 12.4. The fourth-order valence-corrected chi connectivity index (χ4v) is 2.80. The van der Waals surface area contributed by atoms with E-state index in [-0.39, 0.29) is 0 Å². The summed E-state index contributed by atoms with van der Waals surface area (Å²) in [7, 11) is -10.0. The zero-order chi connectivity index (χ0) is 14.4. The molecule has 108 valence electrons. The third kappa shape index (κ3) is 6.74. The fraction of sp³-hybridized carbons (Fsp3) is 0.857. The Morgan fingerprint density at radius 1 is 1.11 bits per heavy atom. The second kappa shape index (κ2) is 6.87. The predicted octanol–water partition coefficient (Wildman–Crippen LogP) is -0.813. The first kappa shape index (κ1) is 17.1. The molecule has 0 aromatic rings. The molecule has 0 rings (SSSR count). The van der Waals surface area contributed by atoms with E-state index in [0.717, 1.165) is 6.42 Å². The summed E-state index contributed by atoms with van der Waals surface area (Å²) in [6.07, 6.45) is 1.53. The van der Waals surface area contributed by atoms with Crippen LogP contribution < -0.4 is 10.6 Å². The van der Waals surface area contributed by atoms with Gasteiger partial charge in [-0.25, -0.2) is 4.79 Å². The Kier molecular flexibility index (Phi) is 6.52. The van der Waals surface area contributed by atoms with Crippen molar-refractivity contribution < 1.29 is 30.7 Å². The molecule has 11 heteroatoms. The summed E-state index contributed by atoms with van der Waals surface area (Å²) in [6, 6.07) is -0.791. The van der Waals surface area contributed by atoms with Gasteiger partial charge in [0.1, 0.15) is 0 Å². The van der Waals surface area contributed by atoms with Crippen molar-refractivity contribution in [3.8, 4) is 0 Å². The minimum absolute atomic E-state index is 0.338. The summed E-state index contributed by atoms with van der Waals surface area (Å²) in [5, 5.41) is 4.27. The van der Waals surface area contributed by atoms with E-state index in [2.05, 4.69) is 5.32 Å². The zero-order valence-electron chi connectivity index (χ0n) is 9.66. The van der Waals surface area contributed by atoms with Gasteiger partial charge in [-0.2, -0.15) is 16.8 Å². The molecule has 0 atom stereocenters. The van der Waals surface area contributed by atoms with Gasteiger partial charge in [0.25, 0.3) is 20.2 Å². The Bertz CT molecular complexity index is 438. The van der Waals surface area contributed by atoms with Crippen molar-refractivity contribution in [2.24, 2.45) is 0 Å². The number of carbonyl (C=O) groups excluding carboxylic acids is 1. The van der Waals surface area contributed by atoms with E-state index in [0.29, 0.717) is 13.0 Å². The Labute approximate surface area is 105 Å². The van der Waals surface area contributed by atoms with E-state index in [1.54, 1.807) is 0 Å². The predicted molar refractivity (Wildman–Crippen MR) is 63.2 cm³/mol. The second-order valence-corrected chi connectivity index (χ2v) is 6.95. The lowest BCUT2D eigenvalue weighted by Gasteiger charge is -2.12. The topological polar surface area (TPSA) is 150 Å². The van der Waals surface area contributed by atoms with Gasteiger partial charge >= 0.3 is 6.03 Å². The highest BCUT2D eigenvalue weighted by Crippen LogP contribution is 2.05. The molecule has 0 unspecified atom stereocenters. The van der Waals surface area contributed by atoms with Crippen molar-refractivity contribution in [2.75, 3.05) is 13.1 Å². The van der Waals surface area contributed by atoms with Gasteiger partial charge in [-0.05, 0) is 6.42 Å². The summed E-state index contributed by atoms with van der Waals surface area (Å²) in [5.41, 5.74) is 0. The van der Waals surface area contributed by atoms with Crippen molar-refractivity contribution >= 4 is 26.3 Å². The molecule has 0 fully saturated rings. The van der Waals surface area contributed by atoms with Gasteiger partial charge in [-0.1, -0.05) is 13.3 Å². The van der Waals surface area contributed by atoms with Crippen molar-refractivity contribution in [2.45, 2.75) is 24.3 Å². The third-order valence-corrected chi connectivity index (χ3v) is 5.03. The van der Waals surface area contributed by atoms with Gasteiger partial charge in [0.2, 0.25) is 4.58 Å². The summed E-state index contributed by atoms with van der Waals surface area (Å²) < 4.78 is 57.5. The Morgan fingerprint density at radius 2 is 1.61 bits per heavy atom. The van der Waals surface area contributed by atoms with Crippen LogP contribution >= 0.6 is 0 Å². The van der Waals surface area contributed by atoms with E-state index >= 15 is 0 Å². The van der Waals surface area contributed by atoms with Crippen molar-refractivity contribution in [1.82, 2.24) is 10.6 Å². The molecule has 0 aromatic carbocycles. The fourth-order valence-electron chi connectivity index (χ4n) is 0.982. The van der Waals surface area contributed by atoms with Crippen LogP contribution in [0.3, 0.4) is 0 Å². The number of hydrogen-bond acceptors (Lipinski definition) is 5. The highest BCUT2D eigenvalue weighted by molar-refractivity contribution is 8.04. The Morgan fingerprint density at radius 3 is 2.00 bits per heavy atom. The van der Waals surface area contributed by atoms with Gasteiger partial charge in [-0.3, -0.25) is 9.11 Å². The van der Waals surface area contributed by atoms with Crippen molar-refractivity contribution in [1.29, 1.82) is 0 Å². The van der Waals surface area contributed by atoms with E-state index in [4.69, 9.17) is 9.11 Å². The lowest BCUT2D eigenvalue weighted by Crippen LogP contribution is -2.45. The van der Waals surface area contributed by atoms with E-state index in [1.807, 2.05) is 12.2 Å². The van der Waals surface area contributed by atoms with Crippen LogP contribution in [0.4, 0.5) is 4.79 Å². The monoisotopic (exact) mass is 304 g/mol. The Balaban J connectivity index is 4.44. The lowest BCUT2D eigenvalue weighted by atomic mass is 10.3. The van der Waals surface area contributed by atoms with Gasteiger partial charge in [0, 0.05) is 6.54 Å². The van der Waals surface area contributed by atoms with Crippen molar-refractivity contribution in [3.05, 3.63) is 0 Å². The van der Waals surface area contributed by atoms with Crippen molar-refractivity contribution in [3.63, 3.8) is 0 Å². The molecule has 0 saturated carbocycles. The molecule has 0 saturated heterocycles. The standard InChI is InChI=1S/C7H16N2O7S2/c1-2-3-4-8-7(10)9-5-6(17(11,12)13)18(14,15)16/h6H,2-5H2,1H3,(H2,8,9,10)(H,11,12,13)(H,14,15,16).